The maximum Gasteiger partial charge on any atom is 0.270 e. The average Bonchev–Trinajstić information content (AvgIpc) is 3.91. The Balaban J connectivity index is 1.09. The molecule has 2 fully saturated rings. The Morgan fingerprint density at radius 3 is 2.46 bits per heavy atom. The number of morpholine rings is 1. The van der Waals surface area contributed by atoms with Gasteiger partial charge in [-0.1, -0.05) is 11.3 Å². The van der Waals surface area contributed by atoms with Gasteiger partial charge in [-0.2, -0.15) is 0 Å². The number of aromatic nitrogens is 6. The van der Waals surface area contributed by atoms with Crippen LogP contribution in [0.4, 0.5) is 20.4 Å². The lowest BCUT2D eigenvalue weighted by molar-refractivity contribution is -0.131. The number of H-pyrrole nitrogens is 1. The first kappa shape index (κ1) is 37.0. The van der Waals surface area contributed by atoms with Gasteiger partial charge in [0.25, 0.3) is 5.91 Å². The van der Waals surface area contributed by atoms with Gasteiger partial charge in [-0.25, -0.2) is 18.7 Å². The smallest absolute Gasteiger partial charge is 0.270 e. The number of nitrogens with one attached hydrogen (secondary N) is 1. The fourth-order valence-electron chi connectivity index (χ4n) is 7.91. The molecule has 1 aromatic carbocycles. The summed E-state index contributed by atoms with van der Waals surface area (Å²) in [5.74, 6) is 0.343. The number of nitrogens with zero attached hydrogens (tertiary/aromatic N) is 9. The summed E-state index contributed by atoms with van der Waals surface area (Å²) in [5, 5.41) is 8.31. The van der Waals surface area contributed by atoms with Crippen molar-refractivity contribution in [2.24, 2.45) is 0 Å². The van der Waals surface area contributed by atoms with E-state index in [1.165, 1.54) is 13.2 Å². The third kappa shape index (κ3) is 7.52. The van der Waals surface area contributed by atoms with Crippen LogP contribution < -0.4 is 14.5 Å². The minimum absolute atomic E-state index is 0.0548. The van der Waals surface area contributed by atoms with Gasteiger partial charge in [0.15, 0.2) is 17.4 Å². The number of ether oxygens (including phenoxy) is 2. The topological polar surface area (TPSA) is 138 Å². The second-order valence-electron chi connectivity index (χ2n) is 14.5. The van der Waals surface area contributed by atoms with Crippen LogP contribution in [0.1, 0.15) is 42.7 Å². The zero-order valence-electron chi connectivity index (χ0n) is 31.6. The molecule has 8 rings (SSSR count). The zero-order chi connectivity index (χ0) is 38.9. The van der Waals surface area contributed by atoms with Gasteiger partial charge in [-0.15, -0.1) is 5.10 Å². The van der Waals surface area contributed by atoms with Crippen molar-refractivity contribution in [2.45, 2.75) is 45.4 Å². The molecule has 0 spiro atoms. The van der Waals surface area contributed by atoms with Crippen LogP contribution in [0.5, 0.6) is 5.75 Å². The molecule has 16 heteroatoms. The van der Waals surface area contributed by atoms with E-state index in [-0.39, 0.29) is 48.2 Å². The number of hydrogen-bond donors (Lipinski definition) is 1. The number of fused-ring (bicyclic) bond motifs is 1. The minimum Gasteiger partial charge on any atom is -0.493 e. The standard InChI is InChI=1S/C40H44F2N10O4/c1-25-22-51(23-26(2)56-25)35-7-6-27(20-43-35)30-18-31(28-5-4-10-50(24-28)36(53)8-11-52-12-9-45-47-52)37(42)38-32(30)19-33(46-38)40(54)49-15-13-48(14-16-49)39-34(55-3)17-29(41)21-44-39/h5-7,9,12,17-21,25-26,46H,4,8,10-11,13-16,22-24H2,1-3H3/t25-,26+. The van der Waals surface area contributed by atoms with Crippen molar-refractivity contribution in [3.05, 3.63) is 84.1 Å². The van der Waals surface area contributed by atoms with E-state index in [9.17, 15) is 14.0 Å². The Morgan fingerprint density at radius 2 is 1.75 bits per heavy atom. The third-order valence-corrected chi connectivity index (χ3v) is 10.6. The van der Waals surface area contributed by atoms with Crippen molar-refractivity contribution in [1.29, 1.82) is 0 Å². The predicted octanol–water partition coefficient (Wildman–Crippen LogP) is 4.79. The molecule has 1 N–H and O–H groups in total. The molecule has 292 valence electrons. The molecule has 0 aliphatic carbocycles. The van der Waals surface area contributed by atoms with Crippen LogP contribution in [0, 0.1) is 11.6 Å². The van der Waals surface area contributed by atoms with Crippen molar-refractivity contribution in [3.8, 4) is 16.9 Å². The van der Waals surface area contributed by atoms with Crippen LogP contribution in [0.3, 0.4) is 0 Å². The SMILES string of the molecule is COc1cc(F)cnc1N1CCN(C(=O)c2cc3c(-c4ccc(N5C[C@@H](C)O[C@@H](C)C5)nc4)cc(C4=CCCN(C(=O)CCn5ccnn5)C4)c(F)c3[nH]2)CC1. The van der Waals surface area contributed by atoms with Gasteiger partial charge in [0.1, 0.15) is 17.3 Å². The van der Waals surface area contributed by atoms with E-state index in [1.807, 2.05) is 43.0 Å². The second kappa shape index (κ2) is 15.7. The van der Waals surface area contributed by atoms with Gasteiger partial charge in [0.2, 0.25) is 5.91 Å². The Hall–Kier alpha value is -5.90. The van der Waals surface area contributed by atoms with Gasteiger partial charge < -0.3 is 34.1 Å². The third-order valence-electron chi connectivity index (χ3n) is 10.6. The van der Waals surface area contributed by atoms with Crippen LogP contribution in [0.15, 0.2) is 61.2 Å². The van der Waals surface area contributed by atoms with E-state index in [1.54, 1.807) is 39.1 Å². The van der Waals surface area contributed by atoms with Crippen molar-refractivity contribution in [3.63, 3.8) is 0 Å². The van der Waals surface area contributed by atoms with Crippen molar-refractivity contribution >= 4 is 39.9 Å². The number of hydrogen-bond acceptors (Lipinski definition) is 10. The van der Waals surface area contributed by atoms with E-state index in [2.05, 4.69) is 25.2 Å². The highest BCUT2D eigenvalue weighted by atomic mass is 19.1. The summed E-state index contributed by atoms with van der Waals surface area (Å²) < 4.78 is 43.5. The van der Waals surface area contributed by atoms with E-state index in [0.717, 1.165) is 30.7 Å². The summed E-state index contributed by atoms with van der Waals surface area (Å²) in [6.45, 7) is 8.33. The highest BCUT2D eigenvalue weighted by Gasteiger charge is 2.29. The van der Waals surface area contributed by atoms with Gasteiger partial charge in [0.05, 0.1) is 43.8 Å². The van der Waals surface area contributed by atoms with Crippen LogP contribution in [-0.2, 0) is 16.1 Å². The maximum atomic E-state index is 16.8. The van der Waals surface area contributed by atoms with Gasteiger partial charge in [0, 0.05) is 93.8 Å². The van der Waals surface area contributed by atoms with Crippen LogP contribution in [0.2, 0.25) is 0 Å². The molecule has 0 bridgehead atoms. The summed E-state index contributed by atoms with van der Waals surface area (Å²) in [5.41, 5.74) is 2.98. The summed E-state index contributed by atoms with van der Waals surface area (Å²) in [6, 6.07) is 8.76. The number of halogens is 2. The molecule has 3 aliphatic rings. The van der Waals surface area contributed by atoms with E-state index in [4.69, 9.17) is 14.5 Å². The molecule has 14 nitrogen and oxygen atoms in total. The van der Waals surface area contributed by atoms with E-state index in [0.29, 0.717) is 79.3 Å². The Morgan fingerprint density at radius 1 is 0.946 bits per heavy atom. The highest BCUT2D eigenvalue weighted by Crippen LogP contribution is 2.38. The number of anilines is 2. The summed E-state index contributed by atoms with van der Waals surface area (Å²) >= 11 is 0. The molecule has 4 aromatic heterocycles. The molecule has 2 atom stereocenters. The largest absolute Gasteiger partial charge is 0.493 e. The van der Waals surface area contributed by atoms with Crippen LogP contribution in [-0.4, -0.2) is 123 Å². The number of carbonyl (C=O) groups is 2. The Kier molecular flexibility index (Phi) is 10.4. The first-order valence-corrected chi connectivity index (χ1v) is 18.9. The number of aromatic amines is 1. The molecule has 0 radical (unpaired) electrons. The number of aryl methyl sites for hydroxylation is 1. The predicted molar refractivity (Wildman–Crippen MR) is 206 cm³/mol. The second-order valence-corrected chi connectivity index (χ2v) is 14.5. The monoisotopic (exact) mass is 766 g/mol. The molecule has 5 aromatic rings. The van der Waals surface area contributed by atoms with Crippen molar-refractivity contribution < 1.29 is 27.8 Å². The summed E-state index contributed by atoms with van der Waals surface area (Å²) in [4.78, 5) is 47.1. The number of amides is 2. The lowest BCUT2D eigenvalue weighted by Crippen LogP contribution is -2.49. The number of rotatable bonds is 9. The molecule has 2 saturated heterocycles. The normalized spacial score (nSPS) is 19.1. The highest BCUT2D eigenvalue weighted by molar-refractivity contribution is 6.04. The van der Waals surface area contributed by atoms with E-state index < -0.39 is 11.6 Å². The molecule has 56 heavy (non-hydrogen) atoms. The maximum absolute atomic E-state index is 16.8. The summed E-state index contributed by atoms with van der Waals surface area (Å²) in [6.07, 6.45) is 9.15. The van der Waals surface area contributed by atoms with Gasteiger partial charge >= 0.3 is 0 Å². The number of piperazine rings is 1. The lowest BCUT2D eigenvalue weighted by atomic mass is 9.93. The van der Waals surface area contributed by atoms with Crippen molar-refractivity contribution in [1.82, 2.24) is 39.7 Å². The number of methoxy groups -OCH3 is 1. The molecular weight excluding hydrogens is 723 g/mol. The van der Waals surface area contributed by atoms with Gasteiger partial charge in [-0.3, -0.25) is 14.3 Å². The fraction of sp³-hybridized carbons (Fsp3) is 0.400. The van der Waals surface area contributed by atoms with Crippen molar-refractivity contribution in [2.75, 3.05) is 69.3 Å². The molecule has 2 amide bonds. The van der Waals surface area contributed by atoms with Crippen LogP contribution >= 0.6 is 0 Å². The minimum atomic E-state index is -0.494. The molecule has 3 aliphatic heterocycles. The lowest BCUT2D eigenvalue weighted by Gasteiger charge is -2.36. The number of pyridine rings is 2. The molecule has 7 heterocycles. The Bertz CT molecular complexity index is 2240. The molecule has 0 saturated carbocycles. The molecular formula is C40H44F2N10O4. The quantitative estimate of drug-likeness (QED) is 0.223. The zero-order valence-corrected chi connectivity index (χ0v) is 31.6. The number of carbonyl (C=O) groups excluding carboxylic acids is 2. The molecule has 0 unspecified atom stereocenters. The van der Waals surface area contributed by atoms with Crippen LogP contribution in [0.25, 0.3) is 27.6 Å². The Labute approximate surface area is 322 Å². The summed E-state index contributed by atoms with van der Waals surface area (Å²) in [7, 11) is 1.46. The first-order valence-electron chi connectivity index (χ1n) is 18.9. The number of benzene rings is 1. The van der Waals surface area contributed by atoms with Gasteiger partial charge in [-0.05, 0) is 55.7 Å². The van der Waals surface area contributed by atoms with E-state index >= 15 is 4.39 Å². The first-order chi connectivity index (χ1) is 27.1. The average molecular weight is 767 g/mol. The fourth-order valence-corrected chi connectivity index (χ4v) is 7.91.